The number of nitrogens with one attached hydrogen (secondary N) is 1. The summed E-state index contributed by atoms with van der Waals surface area (Å²) in [7, 11) is 1.61. The van der Waals surface area contributed by atoms with Crippen molar-refractivity contribution in [2.75, 3.05) is 7.11 Å². The van der Waals surface area contributed by atoms with E-state index in [1.807, 2.05) is 36.4 Å². The molecule has 0 saturated carbocycles. The maximum absolute atomic E-state index is 6.10. The van der Waals surface area contributed by atoms with Gasteiger partial charge in [0, 0.05) is 18.8 Å². The summed E-state index contributed by atoms with van der Waals surface area (Å²) in [5.41, 5.74) is 2.15. The van der Waals surface area contributed by atoms with Gasteiger partial charge >= 0.3 is 0 Å². The summed E-state index contributed by atoms with van der Waals surface area (Å²) < 4.78 is 5.13. The van der Waals surface area contributed by atoms with Crippen LogP contribution in [0.5, 0.6) is 5.75 Å². The van der Waals surface area contributed by atoms with Crippen molar-refractivity contribution in [2.24, 2.45) is 0 Å². The molecule has 0 radical (unpaired) electrons. The highest BCUT2D eigenvalue weighted by Crippen LogP contribution is 2.25. The number of hydrogen-bond donors (Lipinski definition) is 1. The zero-order chi connectivity index (χ0) is 13.7. The lowest BCUT2D eigenvalue weighted by atomic mass is 10.1. The molecular formula is C15H17ClN2O. The summed E-state index contributed by atoms with van der Waals surface area (Å²) in [6.45, 7) is 2.83. The summed E-state index contributed by atoms with van der Waals surface area (Å²) in [6, 6.07) is 11.9. The molecule has 1 N–H and O–H groups in total. The fourth-order valence-corrected chi connectivity index (χ4v) is 2.11. The number of methoxy groups -OCH3 is 1. The van der Waals surface area contributed by atoms with Gasteiger partial charge in [0.05, 0.1) is 17.8 Å². The van der Waals surface area contributed by atoms with Crippen LogP contribution in [-0.2, 0) is 6.54 Å². The van der Waals surface area contributed by atoms with E-state index in [0.717, 1.165) is 17.8 Å². The van der Waals surface area contributed by atoms with E-state index in [1.165, 1.54) is 0 Å². The van der Waals surface area contributed by atoms with Crippen LogP contribution in [-0.4, -0.2) is 12.1 Å². The minimum absolute atomic E-state index is 0.196. The zero-order valence-corrected chi connectivity index (χ0v) is 11.8. The smallest absolute Gasteiger partial charge is 0.137 e. The lowest BCUT2D eigenvalue weighted by Crippen LogP contribution is -2.18. The molecular weight excluding hydrogens is 260 g/mol. The quantitative estimate of drug-likeness (QED) is 0.906. The lowest BCUT2D eigenvalue weighted by Gasteiger charge is -2.13. The van der Waals surface area contributed by atoms with Crippen LogP contribution in [0.2, 0.25) is 5.02 Å². The van der Waals surface area contributed by atoms with Crippen LogP contribution >= 0.6 is 11.6 Å². The Morgan fingerprint density at radius 1 is 1.32 bits per heavy atom. The van der Waals surface area contributed by atoms with Crippen molar-refractivity contribution in [1.82, 2.24) is 10.3 Å². The van der Waals surface area contributed by atoms with E-state index in [4.69, 9.17) is 16.3 Å². The molecule has 1 atom stereocenters. The Morgan fingerprint density at radius 3 is 2.79 bits per heavy atom. The fraction of sp³-hybridized carbons (Fsp3) is 0.267. The Hall–Kier alpha value is -1.58. The molecule has 2 rings (SSSR count). The molecule has 3 nitrogen and oxygen atoms in total. The van der Waals surface area contributed by atoms with Gasteiger partial charge in [0.15, 0.2) is 0 Å². The van der Waals surface area contributed by atoms with E-state index in [1.54, 1.807) is 13.3 Å². The highest BCUT2D eigenvalue weighted by Gasteiger charge is 2.06. The first-order chi connectivity index (χ1) is 9.20. The van der Waals surface area contributed by atoms with E-state index in [2.05, 4.69) is 17.2 Å². The number of hydrogen-bond acceptors (Lipinski definition) is 3. The minimum Gasteiger partial charge on any atom is -0.495 e. The Bertz CT molecular complexity index is 531. The van der Waals surface area contributed by atoms with E-state index in [0.29, 0.717) is 10.8 Å². The Kier molecular flexibility index (Phi) is 4.77. The molecule has 0 spiro atoms. The molecule has 100 valence electrons. The monoisotopic (exact) mass is 276 g/mol. The topological polar surface area (TPSA) is 34.1 Å². The molecule has 0 fully saturated rings. The molecule has 1 aromatic heterocycles. The molecule has 4 heteroatoms. The molecule has 0 aliphatic rings. The molecule has 0 aliphatic carbocycles. The fourth-order valence-electron chi connectivity index (χ4n) is 1.83. The van der Waals surface area contributed by atoms with Crippen LogP contribution in [0.1, 0.15) is 24.2 Å². The third kappa shape index (κ3) is 3.69. The van der Waals surface area contributed by atoms with Crippen molar-refractivity contribution in [3.8, 4) is 5.75 Å². The van der Waals surface area contributed by atoms with Crippen LogP contribution in [0.4, 0.5) is 0 Å². The van der Waals surface area contributed by atoms with Gasteiger partial charge in [-0.3, -0.25) is 4.98 Å². The predicted molar refractivity (Wildman–Crippen MR) is 77.5 cm³/mol. The van der Waals surface area contributed by atoms with Gasteiger partial charge in [0.1, 0.15) is 5.75 Å². The van der Waals surface area contributed by atoms with Crippen molar-refractivity contribution in [3.05, 3.63) is 58.9 Å². The average molecular weight is 277 g/mol. The van der Waals surface area contributed by atoms with Crippen molar-refractivity contribution in [3.63, 3.8) is 0 Å². The first-order valence-corrected chi connectivity index (χ1v) is 6.55. The first kappa shape index (κ1) is 13.8. The molecule has 19 heavy (non-hydrogen) atoms. The first-order valence-electron chi connectivity index (χ1n) is 6.17. The number of nitrogens with zero attached hydrogens (tertiary/aromatic N) is 1. The van der Waals surface area contributed by atoms with E-state index >= 15 is 0 Å². The molecule has 0 unspecified atom stereocenters. The SMILES string of the molecule is COc1ccc(CN[C@@H](C)c2ccccn2)cc1Cl. The van der Waals surface area contributed by atoms with Gasteiger partial charge in [0.2, 0.25) is 0 Å². The maximum Gasteiger partial charge on any atom is 0.137 e. The van der Waals surface area contributed by atoms with Crippen LogP contribution in [0, 0.1) is 0 Å². The van der Waals surface area contributed by atoms with Crippen molar-refractivity contribution in [1.29, 1.82) is 0 Å². The van der Waals surface area contributed by atoms with Gasteiger partial charge in [-0.15, -0.1) is 0 Å². The molecule has 0 amide bonds. The molecule has 1 heterocycles. The van der Waals surface area contributed by atoms with Crippen LogP contribution in [0.15, 0.2) is 42.6 Å². The summed E-state index contributed by atoms with van der Waals surface area (Å²) >= 11 is 6.10. The Labute approximate surface area is 118 Å². The molecule has 0 saturated heterocycles. The number of rotatable bonds is 5. The van der Waals surface area contributed by atoms with Crippen molar-refractivity contribution < 1.29 is 4.74 Å². The second kappa shape index (κ2) is 6.55. The third-order valence-electron chi connectivity index (χ3n) is 2.96. The van der Waals surface area contributed by atoms with Gasteiger partial charge in [-0.1, -0.05) is 23.7 Å². The van der Waals surface area contributed by atoms with Crippen LogP contribution < -0.4 is 10.1 Å². The highest BCUT2D eigenvalue weighted by molar-refractivity contribution is 6.32. The van der Waals surface area contributed by atoms with Gasteiger partial charge in [-0.2, -0.15) is 0 Å². The van der Waals surface area contributed by atoms with Crippen molar-refractivity contribution in [2.45, 2.75) is 19.5 Å². The van der Waals surface area contributed by atoms with Crippen LogP contribution in [0.3, 0.4) is 0 Å². The lowest BCUT2D eigenvalue weighted by molar-refractivity contribution is 0.414. The second-order valence-corrected chi connectivity index (χ2v) is 4.73. The number of benzene rings is 1. The van der Waals surface area contributed by atoms with Crippen molar-refractivity contribution >= 4 is 11.6 Å². The maximum atomic E-state index is 6.10. The van der Waals surface area contributed by atoms with Gasteiger partial charge in [-0.25, -0.2) is 0 Å². The molecule has 0 bridgehead atoms. The Balaban J connectivity index is 1.97. The largest absolute Gasteiger partial charge is 0.495 e. The summed E-state index contributed by atoms with van der Waals surface area (Å²) in [6.07, 6.45) is 1.80. The zero-order valence-electron chi connectivity index (χ0n) is 11.1. The summed E-state index contributed by atoms with van der Waals surface area (Å²) in [4.78, 5) is 4.33. The van der Waals surface area contributed by atoms with E-state index < -0.39 is 0 Å². The third-order valence-corrected chi connectivity index (χ3v) is 3.26. The van der Waals surface area contributed by atoms with Gasteiger partial charge < -0.3 is 10.1 Å². The molecule has 1 aromatic carbocycles. The normalized spacial score (nSPS) is 12.2. The highest BCUT2D eigenvalue weighted by atomic mass is 35.5. The van der Waals surface area contributed by atoms with Gasteiger partial charge in [-0.05, 0) is 36.8 Å². The van der Waals surface area contributed by atoms with Crippen LogP contribution in [0.25, 0.3) is 0 Å². The number of pyridine rings is 1. The van der Waals surface area contributed by atoms with E-state index in [9.17, 15) is 0 Å². The molecule has 2 aromatic rings. The Morgan fingerprint density at radius 2 is 2.16 bits per heavy atom. The standard InChI is InChI=1S/C15H17ClN2O/c1-11(14-5-3-4-8-17-14)18-10-12-6-7-15(19-2)13(16)9-12/h3-9,11,18H,10H2,1-2H3/t11-/m0/s1. The number of ether oxygens (including phenoxy) is 1. The second-order valence-electron chi connectivity index (χ2n) is 4.33. The van der Waals surface area contributed by atoms with Gasteiger partial charge in [0.25, 0.3) is 0 Å². The number of aromatic nitrogens is 1. The minimum atomic E-state index is 0.196. The predicted octanol–water partition coefficient (Wildman–Crippen LogP) is 3.59. The number of halogens is 1. The summed E-state index contributed by atoms with van der Waals surface area (Å²) in [5, 5.41) is 4.05. The summed E-state index contributed by atoms with van der Waals surface area (Å²) in [5.74, 6) is 0.697. The average Bonchev–Trinajstić information content (AvgIpc) is 2.46. The van der Waals surface area contributed by atoms with E-state index in [-0.39, 0.29) is 6.04 Å². The molecule has 0 aliphatic heterocycles.